The monoisotopic (exact) mass is 199 g/mol. The number of nitrogens with zero attached hydrogens (tertiary/aromatic N) is 2. The van der Waals surface area contributed by atoms with Crippen LogP contribution in [0.1, 0.15) is 20.3 Å². The van der Waals surface area contributed by atoms with Gasteiger partial charge in [0.25, 0.3) is 0 Å². The van der Waals surface area contributed by atoms with E-state index < -0.39 is 0 Å². The second-order valence-electron chi connectivity index (χ2n) is 3.94. The smallest absolute Gasteiger partial charge is 0.319 e. The normalized spacial score (nSPS) is 19.2. The van der Waals surface area contributed by atoms with E-state index in [-0.39, 0.29) is 6.03 Å². The predicted octanol–water partition coefficient (Wildman–Crippen LogP) is 0.742. The van der Waals surface area contributed by atoms with Crippen LogP contribution in [0.4, 0.5) is 4.79 Å². The van der Waals surface area contributed by atoms with Gasteiger partial charge >= 0.3 is 6.03 Å². The van der Waals surface area contributed by atoms with Crippen LogP contribution in [0.3, 0.4) is 0 Å². The first-order valence-corrected chi connectivity index (χ1v) is 5.38. The number of carbonyl (C=O) groups is 1. The van der Waals surface area contributed by atoms with Gasteiger partial charge in [0.1, 0.15) is 0 Å². The van der Waals surface area contributed by atoms with Gasteiger partial charge in [-0.1, -0.05) is 6.92 Å². The Bertz CT molecular complexity index is 196. The van der Waals surface area contributed by atoms with Crippen molar-refractivity contribution in [3.8, 4) is 0 Å². The second-order valence-corrected chi connectivity index (χ2v) is 3.94. The largest absolute Gasteiger partial charge is 0.326 e. The van der Waals surface area contributed by atoms with E-state index in [0.29, 0.717) is 6.04 Å². The molecule has 0 radical (unpaired) electrons. The summed E-state index contributed by atoms with van der Waals surface area (Å²) in [5.74, 6) is 0. The van der Waals surface area contributed by atoms with Crippen LogP contribution < -0.4 is 5.32 Å². The molecular weight excluding hydrogens is 178 g/mol. The number of hydrogen-bond donors (Lipinski definition) is 1. The molecule has 1 rings (SSSR count). The van der Waals surface area contributed by atoms with Crippen LogP contribution in [0.5, 0.6) is 0 Å². The quantitative estimate of drug-likeness (QED) is 0.709. The molecule has 1 unspecified atom stereocenters. The maximum Gasteiger partial charge on any atom is 0.319 e. The van der Waals surface area contributed by atoms with Crippen LogP contribution in [0.15, 0.2) is 0 Å². The average Bonchev–Trinajstić information content (AvgIpc) is 2.46. The number of urea groups is 1. The fourth-order valence-corrected chi connectivity index (χ4v) is 1.71. The second kappa shape index (κ2) is 5.20. The lowest BCUT2D eigenvalue weighted by Crippen LogP contribution is -2.34. The number of likely N-dealkylation sites (N-methyl/N-ethyl adjacent to an activating group) is 1. The molecule has 4 heteroatoms. The van der Waals surface area contributed by atoms with Crippen molar-refractivity contribution in [2.75, 3.05) is 33.2 Å². The third-order valence-electron chi connectivity index (χ3n) is 2.69. The molecule has 2 amide bonds. The lowest BCUT2D eigenvalue weighted by atomic mass is 10.2. The van der Waals surface area contributed by atoms with Gasteiger partial charge in [-0.2, -0.15) is 0 Å². The van der Waals surface area contributed by atoms with Crippen LogP contribution >= 0.6 is 0 Å². The highest BCUT2D eigenvalue weighted by Gasteiger charge is 2.24. The molecule has 1 saturated heterocycles. The molecule has 1 heterocycles. The van der Waals surface area contributed by atoms with Crippen LogP contribution in [-0.4, -0.2) is 55.1 Å². The van der Waals surface area contributed by atoms with Gasteiger partial charge in [-0.05, 0) is 19.9 Å². The fourth-order valence-electron chi connectivity index (χ4n) is 1.71. The summed E-state index contributed by atoms with van der Waals surface area (Å²) in [4.78, 5) is 15.2. The van der Waals surface area contributed by atoms with E-state index in [9.17, 15) is 4.79 Å². The van der Waals surface area contributed by atoms with Gasteiger partial charge in [0.2, 0.25) is 0 Å². The van der Waals surface area contributed by atoms with E-state index in [1.807, 2.05) is 11.9 Å². The minimum Gasteiger partial charge on any atom is -0.326 e. The Hall–Kier alpha value is -0.770. The van der Waals surface area contributed by atoms with Crippen LogP contribution in [0.25, 0.3) is 0 Å². The molecule has 4 nitrogen and oxygen atoms in total. The Morgan fingerprint density at radius 1 is 1.50 bits per heavy atom. The zero-order chi connectivity index (χ0) is 10.6. The summed E-state index contributed by atoms with van der Waals surface area (Å²) in [6, 6.07) is 0.674. The molecule has 0 aromatic rings. The van der Waals surface area contributed by atoms with E-state index >= 15 is 0 Å². The Morgan fingerprint density at radius 2 is 2.21 bits per heavy atom. The van der Waals surface area contributed by atoms with Gasteiger partial charge in [-0.3, -0.25) is 0 Å². The summed E-state index contributed by atoms with van der Waals surface area (Å²) in [6.07, 6.45) is 1.04. The summed E-state index contributed by atoms with van der Waals surface area (Å²) in [6.45, 7) is 7.88. The molecule has 82 valence electrons. The topological polar surface area (TPSA) is 35.6 Å². The van der Waals surface area contributed by atoms with Gasteiger partial charge < -0.3 is 15.1 Å². The number of nitrogens with one attached hydrogen (secondary N) is 1. The summed E-state index contributed by atoms with van der Waals surface area (Å²) in [5.41, 5.74) is 0. The Balaban J connectivity index is 2.22. The van der Waals surface area contributed by atoms with Crippen molar-refractivity contribution in [1.29, 1.82) is 0 Å². The third-order valence-corrected chi connectivity index (χ3v) is 2.69. The molecule has 1 atom stereocenters. The molecule has 1 aliphatic heterocycles. The molecule has 0 bridgehead atoms. The van der Waals surface area contributed by atoms with E-state index in [2.05, 4.69) is 19.2 Å². The number of carbonyl (C=O) groups excluding carboxylic acids is 1. The Morgan fingerprint density at radius 3 is 2.71 bits per heavy atom. The van der Waals surface area contributed by atoms with E-state index in [4.69, 9.17) is 0 Å². The van der Waals surface area contributed by atoms with Crippen molar-refractivity contribution < 1.29 is 4.79 Å². The van der Waals surface area contributed by atoms with Crippen molar-refractivity contribution in [3.63, 3.8) is 0 Å². The minimum absolute atomic E-state index is 0.175. The fraction of sp³-hybridized carbons (Fsp3) is 0.900. The zero-order valence-corrected chi connectivity index (χ0v) is 9.42. The lowest BCUT2D eigenvalue weighted by molar-refractivity contribution is 0.197. The SMILES string of the molecule is CCNC(C)CCN1CCN(C)C1=O. The van der Waals surface area contributed by atoms with E-state index in [1.54, 1.807) is 4.90 Å². The molecule has 1 fully saturated rings. The highest BCUT2D eigenvalue weighted by Crippen LogP contribution is 2.07. The molecule has 0 aromatic heterocycles. The first kappa shape index (κ1) is 11.3. The summed E-state index contributed by atoms with van der Waals surface area (Å²) < 4.78 is 0. The highest BCUT2D eigenvalue weighted by atomic mass is 16.2. The molecule has 0 spiro atoms. The first-order valence-electron chi connectivity index (χ1n) is 5.38. The van der Waals surface area contributed by atoms with Crippen molar-refractivity contribution in [2.45, 2.75) is 26.3 Å². The molecule has 0 aromatic carbocycles. The Labute approximate surface area is 86.2 Å². The van der Waals surface area contributed by atoms with Crippen molar-refractivity contribution in [2.24, 2.45) is 0 Å². The molecule has 0 saturated carbocycles. The van der Waals surface area contributed by atoms with E-state index in [1.165, 1.54) is 0 Å². The molecule has 0 aliphatic carbocycles. The summed E-state index contributed by atoms with van der Waals surface area (Å²) in [7, 11) is 1.86. The summed E-state index contributed by atoms with van der Waals surface area (Å²) in [5, 5.41) is 3.34. The van der Waals surface area contributed by atoms with Crippen molar-refractivity contribution in [1.82, 2.24) is 15.1 Å². The van der Waals surface area contributed by atoms with Gasteiger partial charge in [-0.15, -0.1) is 0 Å². The van der Waals surface area contributed by atoms with Crippen LogP contribution in [-0.2, 0) is 0 Å². The molecule has 14 heavy (non-hydrogen) atoms. The summed E-state index contributed by atoms with van der Waals surface area (Å²) >= 11 is 0. The molecule has 1 N–H and O–H groups in total. The average molecular weight is 199 g/mol. The van der Waals surface area contributed by atoms with E-state index in [0.717, 1.165) is 32.6 Å². The standard InChI is InChI=1S/C10H21N3O/c1-4-11-9(2)5-6-13-8-7-12(3)10(13)14/h9,11H,4-8H2,1-3H3. The maximum absolute atomic E-state index is 11.5. The zero-order valence-electron chi connectivity index (χ0n) is 9.42. The van der Waals surface area contributed by atoms with Gasteiger partial charge in [-0.25, -0.2) is 4.79 Å². The maximum atomic E-state index is 11.5. The van der Waals surface area contributed by atoms with Crippen LogP contribution in [0.2, 0.25) is 0 Å². The van der Waals surface area contributed by atoms with Gasteiger partial charge in [0.05, 0.1) is 0 Å². The first-order chi connectivity index (χ1) is 6.65. The number of hydrogen-bond acceptors (Lipinski definition) is 2. The predicted molar refractivity (Wildman–Crippen MR) is 57.4 cm³/mol. The highest BCUT2D eigenvalue weighted by molar-refractivity contribution is 5.76. The van der Waals surface area contributed by atoms with Crippen molar-refractivity contribution >= 4 is 6.03 Å². The van der Waals surface area contributed by atoms with Crippen LogP contribution in [0, 0.1) is 0 Å². The third kappa shape index (κ3) is 2.87. The number of rotatable bonds is 5. The lowest BCUT2D eigenvalue weighted by Gasteiger charge is -2.19. The molecule has 1 aliphatic rings. The minimum atomic E-state index is 0.175. The Kier molecular flexibility index (Phi) is 4.20. The van der Waals surface area contributed by atoms with Gasteiger partial charge in [0.15, 0.2) is 0 Å². The van der Waals surface area contributed by atoms with Crippen molar-refractivity contribution in [3.05, 3.63) is 0 Å². The molecular formula is C10H21N3O. The van der Waals surface area contributed by atoms with Gasteiger partial charge in [0, 0.05) is 32.7 Å². The number of amides is 2.